The molecule has 0 unspecified atom stereocenters. The number of thiophene rings is 1. The number of fused-ring (bicyclic) bond motifs is 6. The van der Waals surface area contributed by atoms with Crippen molar-refractivity contribution in [1.29, 1.82) is 0 Å². The van der Waals surface area contributed by atoms with Crippen LogP contribution in [-0.2, 0) is 0 Å². The molecule has 0 saturated heterocycles. The van der Waals surface area contributed by atoms with Crippen molar-refractivity contribution < 1.29 is 4.39 Å². The molecule has 0 saturated carbocycles. The van der Waals surface area contributed by atoms with Crippen LogP contribution in [0.1, 0.15) is 0 Å². The lowest BCUT2D eigenvalue weighted by Crippen LogP contribution is -1.94. The van der Waals surface area contributed by atoms with Gasteiger partial charge in [-0.3, -0.25) is 0 Å². The Balaban J connectivity index is 1.41. The van der Waals surface area contributed by atoms with Gasteiger partial charge in [-0.25, -0.2) is 4.39 Å². The molecule has 162 valence electrons. The molecule has 4 heteroatoms. The number of anilines is 2. The molecule has 5 aromatic carbocycles. The molecule has 1 N–H and O–H groups in total. The van der Waals surface area contributed by atoms with Crippen molar-refractivity contribution in [3.63, 3.8) is 0 Å². The Hall–Kier alpha value is -4.15. The topological polar surface area (TPSA) is 17.0 Å². The summed E-state index contributed by atoms with van der Waals surface area (Å²) >= 11 is 1.82. The molecule has 7 aromatic rings. The first-order valence-corrected chi connectivity index (χ1v) is 12.0. The van der Waals surface area contributed by atoms with E-state index in [1.807, 2.05) is 29.5 Å². The lowest BCUT2D eigenvalue weighted by Gasteiger charge is -2.10. The van der Waals surface area contributed by atoms with Gasteiger partial charge in [0.1, 0.15) is 5.82 Å². The molecule has 0 atom stereocenters. The minimum Gasteiger partial charge on any atom is -0.355 e. The van der Waals surface area contributed by atoms with Gasteiger partial charge in [0, 0.05) is 48.0 Å². The van der Waals surface area contributed by atoms with E-state index < -0.39 is 0 Å². The molecule has 0 amide bonds. The Kier molecular flexibility index (Phi) is 4.23. The second-order valence-corrected chi connectivity index (χ2v) is 9.55. The Morgan fingerprint density at radius 3 is 2.24 bits per heavy atom. The minimum atomic E-state index is -0.230. The quantitative estimate of drug-likeness (QED) is 0.279. The van der Waals surface area contributed by atoms with Gasteiger partial charge in [-0.05, 0) is 66.7 Å². The molecule has 0 fully saturated rings. The summed E-state index contributed by atoms with van der Waals surface area (Å²) in [5.41, 5.74) is 5.29. The summed E-state index contributed by atoms with van der Waals surface area (Å²) in [5.74, 6) is -0.230. The van der Waals surface area contributed by atoms with Crippen LogP contribution in [0.5, 0.6) is 0 Å². The molecule has 34 heavy (non-hydrogen) atoms. The maximum atomic E-state index is 13.6. The van der Waals surface area contributed by atoms with Crippen LogP contribution in [0.2, 0.25) is 0 Å². The van der Waals surface area contributed by atoms with Crippen LogP contribution in [0.15, 0.2) is 109 Å². The van der Waals surface area contributed by atoms with Crippen molar-refractivity contribution in [2.24, 2.45) is 0 Å². The molecular weight excluding hydrogens is 439 g/mol. The van der Waals surface area contributed by atoms with Crippen LogP contribution in [0.25, 0.3) is 47.7 Å². The van der Waals surface area contributed by atoms with Gasteiger partial charge in [-0.1, -0.05) is 42.5 Å². The van der Waals surface area contributed by atoms with Crippen molar-refractivity contribution in [2.45, 2.75) is 0 Å². The average Bonchev–Trinajstić information content (AvgIpc) is 3.41. The van der Waals surface area contributed by atoms with Crippen LogP contribution < -0.4 is 5.32 Å². The minimum absolute atomic E-state index is 0.230. The van der Waals surface area contributed by atoms with E-state index in [2.05, 4.69) is 88.7 Å². The highest BCUT2D eigenvalue weighted by molar-refractivity contribution is 7.25. The summed E-state index contributed by atoms with van der Waals surface area (Å²) in [6, 6.07) is 36.5. The number of halogens is 1. The number of para-hydroxylation sites is 1. The molecule has 0 bridgehead atoms. The van der Waals surface area contributed by atoms with E-state index in [1.54, 1.807) is 0 Å². The number of nitrogens with one attached hydrogen (secondary N) is 1. The predicted octanol–water partition coefficient (Wildman–Crippen LogP) is 9.03. The molecule has 7 rings (SSSR count). The van der Waals surface area contributed by atoms with Crippen LogP contribution in [0.4, 0.5) is 15.8 Å². The van der Waals surface area contributed by atoms with E-state index in [4.69, 9.17) is 0 Å². The Morgan fingerprint density at radius 1 is 0.618 bits per heavy atom. The maximum absolute atomic E-state index is 13.6. The van der Waals surface area contributed by atoms with Gasteiger partial charge in [-0.15, -0.1) is 11.3 Å². The SMILES string of the molecule is Fc1ccc(-n2c3ccccc3c3cc(Nc4cccc5sc6ccccc6c45)ccc32)cc1. The summed E-state index contributed by atoms with van der Waals surface area (Å²) in [6.45, 7) is 0. The summed E-state index contributed by atoms with van der Waals surface area (Å²) in [6.07, 6.45) is 0. The molecule has 0 aliphatic heterocycles. The van der Waals surface area contributed by atoms with Crippen molar-refractivity contribution >= 4 is 64.7 Å². The fourth-order valence-electron chi connectivity index (χ4n) is 4.95. The van der Waals surface area contributed by atoms with E-state index in [-0.39, 0.29) is 5.82 Å². The Morgan fingerprint density at radius 2 is 1.35 bits per heavy atom. The van der Waals surface area contributed by atoms with E-state index >= 15 is 0 Å². The van der Waals surface area contributed by atoms with E-state index in [0.29, 0.717) is 0 Å². The molecular formula is C30H19FN2S. The lowest BCUT2D eigenvalue weighted by atomic mass is 10.1. The Labute approximate surface area is 199 Å². The van der Waals surface area contributed by atoms with Crippen molar-refractivity contribution in [2.75, 3.05) is 5.32 Å². The normalized spacial score (nSPS) is 11.7. The van der Waals surface area contributed by atoms with Crippen molar-refractivity contribution in [1.82, 2.24) is 4.57 Å². The molecule has 0 spiro atoms. The standard InChI is InChI=1S/C30H19FN2S/c31-19-12-15-21(16-13-19)33-26-9-3-1-6-22(26)24-18-20(14-17-27(24)33)32-25-8-5-11-29-30(25)23-7-2-4-10-28(23)34-29/h1-18,32H. The third kappa shape index (κ3) is 2.93. The smallest absolute Gasteiger partial charge is 0.123 e. The largest absolute Gasteiger partial charge is 0.355 e. The first kappa shape index (κ1) is 19.3. The van der Waals surface area contributed by atoms with Gasteiger partial charge in [0.15, 0.2) is 0 Å². The third-order valence-electron chi connectivity index (χ3n) is 6.44. The lowest BCUT2D eigenvalue weighted by molar-refractivity contribution is 0.627. The summed E-state index contributed by atoms with van der Waals surface area (Å²) in [4.78, 5) is 0. The van der Waals surface area contributed by atoms with Gasteiger partial charge < -0.3 is 9.88 Å². The monoisotopic (exact) mass is 458 g/mol. The second-order valence-electron chi connectivity index (χ2n) is 8.46. The molecule has 0 radical (unpaired) electrons. The van der Waals surface area contributed by atoms with Crippen LogP contribution in [0, 0.1) is 5.82 Å². The zero-order valence-corrected chi connectivity index (χ0v) is 18.9. The van der Waals surface area contributed by atoms with E-state index in [1.165, 1.54) is 37.7 Å². The van der Waals surface area contributed by atoms with Gasteiger partial charge in [0.25, 0.3) is 0 Å². The highest BCUT2D eigenvalue weighted by Gasteiger charge is 2.14. The first-order chi connectivity index (χ1) is 16.8. The number of aromatic nitrogens is 1. The molecule has 0 aliphatic rings. The molecule has 2 heterocycles. The van der Waals surface area contributed by atoms with Gasteiger partial charge in [0.2, 0.25) is 0 Å². The summed E-state index contributed by atoms with van der Waals surface area (Å²) in [7, 11) is 0. The Bertz CT molecular complexity index is 1840. The van der Waals surface area contributed by atoms with Gasteiger partial charge >= 0.3 is 0 Å². The highest BCUT2D eigenvalue weighted by Crippen LogP contribution is 2.40. The predicted molar refractivity (Wildman–Crippen MR) is 143 cm³/mol. The zero-order valence-electron chi connectivity index (χ0n) is 18.1. The first-order valence-electron chi connectivity index (χ1n) is 11.2. The molecule has 2 nitrogen and oxygen atoms in total. The molecule has 2 aromatic heterocycles. The van der Waals surface area contributed by atoms with Crippen LogP contribution in [0.3, 0.4) is 0 Å². The van der Waals surface area contributed by atoms with Crippen molar-refractivity contribution in [3.8, 4) is 5.69 Å². The maximum Gasteiger partial charge on any atom is 0.123 e. The van der Waals surface area contributed by atoms with E-state index in [0.717, 1.165) is 33.5 Å². The average molecular weight is 459 g/mol. The summed E-state index contributed by atoms with van der Waals surface area (Å²) in [5, 5.41) is 8.56. The summed E-state index contributed by atoms with van der Waals surface area (Å²) < 4.78 is 18.4. The van der Waals surface area contributed by atoms with E-state index in [9.17, 15) is 4.39 Å². The fraction of sp³-hybridized carbons (Fsp3) is 0. The number of benzene rings is 5. The second kappa shape index (κ2) is 7.44. The molecule has 0 aliphatic carbocycles. The number of hydrogen-bond donors (Lipinski definition) is 1. The number of rotatable bonds is 3. The number of nitrogens with zero attached hydrogens (tertiary/aromatic N) is 1. The fourth-order valence-corrected chi connectivity index (χ4v) is 6.09. The highest BCUT2D eigenvalue weighted by atomic mass is 32.1. The van der Waals surface area contributed by atoms with Crippen LogP contribution in [-0.4, -0.2) is 4.57 Å². The number of hydrogen-bond acceptors (Lipinski definition) is 2. The zero-order chi connectivity index (χ0) is 22.6. The van der Waals surface area contributed by atoms with Crippen molar-refractivity contribution in [3.05, 3.63) is 115 Å². The third-order valence-corrected chi connectivity index (χ3v) is 7.57. The van der Waals surface area contributed by atoms with Gasteiger partial charge in [-0.2, -0.15) is 0 Å². The van der Waals surface area contributed by atoms with Crippen LogP contribution >= 0.6 is 11.3 Å². The van der Waals surface area contributed by atoms with Gasteiger partial charge in [0.05, 0.1) is 11.0 Å².